The summed E-state index contributed by atoms with van der Waals surface area (Å²) >= 11 is 0. The lowest BCUT2D eigenvalue weighted by Gasteiger charge is -2.34. The molecule has 0 bridgehead atoms. The standard InChI is InChI=1S/C22H25N5O3/c1-15-6-5-7-16-19(15)20(21(24-16)22(29)30-2)25-18(28)14-26-10-12-27(13-11-26)17-8-3-4-9-23-17/h3-9,24H,10-14H2,1-2H3,(H,25,28). The van der Waals surface area contributed by atoms with Crippen LogP contribution in [0.3, 0.4) is 0 Å². The molecular formula is C22H25N5O3. The number of fused-ring (bicyclic) bond motifs is 1. The fraction of sp³-hybridized carbons (Fsp3) is 0.318. The molecule has 2 N–H and O–H groups in total. The third kappa shape index (κ3) is 3.99. The average Bonchev–Trinajstić information content (AvgIpc) is 3.14. The molecule has 1 amide bonds. The van der Waals surface area contributed by atoms with Gasteiger partial charge < -0.3 is 19.9 Å². The van der Waals surface area contributed by atoms with Gasteiger partial charge in [-0.1, -0.05) is 18.2 Å². The van der Waals surface area contributed by atoms with Crippen molar-refractivity contribution in [2.75, 3.05) is 50.1 Å². The van der Waals surface area contributed by atoms with Gasteiger partial charge in [-0.25, -0.2) is 9.78 Å². The number of H-pyrrole nitrogens is 1. The number of hydrogen-bond donors (Lipinski definition) is 2. The Labute approximate surface area is 174 Å². The normalized spacial score (nSPS) is 14.7. The summed E-state index contributed by atoms with van der Waals surface area (Å²) in [5.74, 6) is 0.291. The first kappa shape index (κ1) is 19.9. The van der Waals surface area contributed by atoms with Gasteiger partial charge in [0.1, 0.15) is 11.5 Å². The van der Waals surface area contributed by atoms with Crippen LogP contribution in [0.1, 0.15) is 16.1 Å². The van der Waals surface area contributed by atoms with Crippen LogP contribution in [0.2, 0.25) is 0 Å². The van der Waals surface area contributed by atoms with E-state index in [4.69, 9.17) is 4.74 Å². The van der Waals surface area contributed by atoms with Crippen LogP contribution in [0, 0.1) is 6.92 Å². The number of benzene rings is 1. The summed E-state index contributed by atoms with van der Waals surface area (Å²) in [6.07, 6.45) is 1.79. The number of methoxy groups -OCH3 is 1. The van der Waals surface area contributed by atoms with E-state index in [9.17, 15) is 9.59 Å². The molecule has 1 saturated heterocycles. The zero-order valence-electron chi connectivity index (χ0n) is 17.1. The SMILES string of the molecule is COC(=O)c1[nH]c2cccc(C)c2c1NC(=O)CN1CCN(c2ccccn2)CC1. The van der Waals surface area contributed by atoms with Gasteiger partial charge in [-0.3, -0.25) is 9.69 Å². The molecule has 156 valence electrons. The third-order valence-electron chi connectivity index (χ3n) is 5.40. The van der Waals surface area contributed by atoms with E-state index in [0.717, 1.165) is 48.5 Å². The molecule has 2 aromatic heterocycles. The minimum Gasteiger partial charge on any atom is -0.464 e. The molecule has 0 spiro atoms. The summed E-state index contributed by atoms with van der Waals surface area (Å²) < 4.78 is 4.89. The number of rotatable bonds is 5. The maximum Gasteiger partial charge on any atom is 0.356 e. The van der Waals surface area contributed by atoms with Gasteiger partial charge in [0.25, 0.3) is 0 Å². The molecule has 3 aromatic rings. The number of piperazine rings is 1. The minimum absolute atomic E-state index is 0.157. The fourth-order valence-corrected chi connectivity index (χ4v) is 3.86. The van der Waals surface area contributed by atoms with Gasteiger partial charge in [-0.2, -0.15) is 0 Å². The maximum absolute atomic E-state index is 12.8. The second-order valence-corrected chi connectivity index (χ2v) is 7.36. The van der Waals surface area contributed by atoms with Crippen molar-refractivity contribution in [2.24, 2.45) is 0 Å². The molecule has 8 heteroatoms. The molecule has 0 atom stereocenters. The van der Waals surface area contributed by atoms with Crippen LogP contribution in [0.4, 0.5) is 11.5 Å². The average molecular weight is 407 g/mol. The van der Waals surface area contributed by atoms with Crippen molar-refractivity contribution in [3.05, 3.63) is 53.9 Å². The minimum atomic E-state index is -0.509. The lowest BCUT2D eigenvalue weighted by atomic mass is 10.1. The van der Waals surface area contributed by atoms with E-state index in [1.165, 1.54) is 7.11 Å². The fourth-order valence-electron chi connectivity index (χ4n) is 3.86. The number of carbonyl (C=O) groups excluding carboxylic acids is 2. The van der Waals surface area contributed by atoms with Crippen molar-refractivity contribution < 1.29 is 14.3 Å². The predicted molar refractivity (Wildman–Crippen MR) is 116 cm³/mol. The number of amides is 1. The number of hydrogen-bond acceptors (Lipinski definition) is 6. The molecule has 4 rings (SSSR count). The Kier molecular flexibility index (Phi) is 5.67. The van der Waals surface area contributed by atoms with E-state index in [1.807, 2.05) is 43.3 Å². The first-order valence-electron chi connectivity index (χ1n) is 9.94. The van der Waals surface area contributed by atoms with Crippen molar-refractivity contribution in [2.45, 2.75) is 6.92 Å². The van der Waals surface area contributed by atoms with E-state index in [2.05, 4.69) is 25.1 Å². The molecule has 0 saturated carbocycles. The summed E-state index contributed by atoms with van der Waals surface area (Å²) in [6, 6.07) is 11.6. The molecule has 1 fully saturated rings. The van der Waals surface area contributed by atoms with E-state index >= 15 is 0 Å². The molecule has 3 heterocycles. The van der Waals surface area contributed by atoms with E-state index < -0.39 is 5.97 Å². The summed E-state index contributed by atoms with van der Waals surface area (Å²) in [6.45, 7) is 5.36. The number of aromatic amines is 1. The molecule has 30 heavy (non-hydrogen) atoms. The van der Waals surface area contributed by atoms with E-state index in [1.54, 1.807) is 6.20 Å². The van der Waals surface area contributed by atoms with Crippen LogP contribution in [0.5, 0.6) is 0 Å². The third-order valence-corrected chi connectivity index (χ3v) is 5.40. The van der Waals surface area contributed by atoms with Crippen LogP contribution in [-0.4, -0.2) is 66.6 Å². The summed E-state index contributed by atoms with van der Waals surface area (Å²) in [5, 5.41) is 3.77. The van der Waals surface area contributed by atoms with Crippen molar-refractivity contribution in [3.8, 4) is 0 Å². The first-order chi connectivity index (χ1) is 14.6. The maximum atomic E-state index is 12.8. The van der Waals surface area contributed by atoms with Gasteiger partial charge in [0.05, 0.1) is 19.3 Å². The quantitative estimate of drug-likeness (QED) is 0.632. The largest absolute Gasteiger partial charge is 0.464 e. The highest BCUT2D eigenvalue weighted by Gasteiger charge is 2.24. The molecule has 0 aliphatic carbocycles. The number of pyridine rings is 1. The molecule has 8 nitrogen and oxygen atoms in total. The zero-order valence-corrected chi connectivity index (χ0v) is 17.1. The van der Waals surface area contributed by atoms with E-state index in [-0.39, 0.29) is 18.1 Å². The first-order valence-corrected chi connectivity index (χ1v) is 9.94. The number of aryl methyl sites for hydroxylation is 1. The molecule has 1 aliphatic rings. The highest BCUT2D eigenvalue weighted by atomic mass is 16.5. The Balaban J connectivity index is 1.45. The van der Waals surface area contributed by atoms with Crippen molar-refractivity contribution in [3.63, 3.8) is 0 Å². The molecular weight excluding hydrogens is 382 g/mol. The van der Waals surface area contributed by atoms with Crippen LogP contribution >= 0.6 is 0 Å². The molecule has 1 aliphatic heterocycles. The van der Waals surface area contributed by atoms with Gasteiger partial charge in [-0.05, 0) is 30.7 Å². The van der Waals surface area contributed by atoms with Crippen LogP contribution in [0.15, 0.2) is 42.6 Å². The predicted octanol–water partition coefficient (Wildman–Crippen LogP) is 2.42. The second kappa shape index (κ2) is 8.54. The lowest BCUT2D eigenvalue weighted by Crippen LogP contribution is -2.48. The van der Waals surface area contributed by atoms with Gasteiger partial charge in [0, 0.05) is 43.3 Å². The van der Waals surface area contributed by atoms with Crippen molar-refractivity contribution in [1.29, 1.82) is 0 Å². The number of carbonyl (C=O) groups is 2. The number of aromatic nitrogens is 2. The molecule has 0 radical (unpaired) electrons. The van der Waals surface area contributed by atoms with Crippen LogP contribution in [0.25, 0.3) is 10.9 Å². The number of anilines is 2. The van der Waals surface area contributed by atoms with Gasteiger partial charge in [-0.15, -0.1) is 0 Å². The second-order valence-electron chi connectivity index (χ2n) is 7.36. The van der Waals surface area contributed by atoms with Crippen molar-refractivity contribution in [1.82, 2.24) is 14.9 Å². The van der Waals surface area contributed by atoms with Gasteiger partial charge >= 0.3 is 5.97 Å². The van der Waals surface area contributed by atoms with E-state index in [0.29, 0.717) is 5.69 Å². The monoisotopic (exact) mass is 407 g/mol. The Morgan fingerprint density at radius 1 is 1.13 bits per heavy atom. The summed E-state index contributed by atoms with van der Waals surface area (Å²) in [5.41, 5.74) is 2.50. The zero-order chi connectivity index (χ0) is 21.1. The number of ether oxygens (including phenoxy) is 1. The lowest BCUT2D eigenvalue weighted by molar-refractivity contribution is -0.117. The Morgan fingerprint density at radius 2 is 1.93 bits per heavy atom. The Hall–Kier alpha value is -3.39. The summed E-state index contributed by atoms with van der Waals surface area (Å²) in [7, 11) is 1.33. The molecule has 0 unspecified atom stereocenters. The summed E-state index contributed by atoms with van der Waals surface area (Å²) in [4.78, 5) is 36.8. The van der Waals surface area contributed by atoms with Crippen molar-refractivity contribution >= 4 is 34.3 Å². The highest BCUT2D eigenvalue weighted by molar-refractivity contribution is 6.12. The smallest absolute Gasteiger partial charge is 0.356 e. The Morgan fingerprint density at radius 3 is 2.63 bits per heavy atom. The van der Waals surface area contributed by atoms with Gasteiger partial charge in [0.2, 0.25) is 5.91 Å². The number of nitrogens with zero attached hydrogens (tertiary/aromatic N) is 3. The topological polar surface area (TPSA) is 90.6 Å². The Bertz CT molecular complexity index is 1060. The number of nitrogens with one attached hydrogen (secondary N) is 2. The number of esters is 1. The van der Waals surface area contributed by atoms with Gasteiger partial charge in [0.15, 0.2) is 0 Å². The molecule has 1 aromatic carbocycles. The van der Waals surface area contributed by atoms with Crippen LogP contribution in [-0.2, 0) is 9.53 Å². The van der Waals surface area contributed by atoms with Crippen LogP contribution < -0.4 is 10.2 Å². The highest BCUT2D eigenvalue weighted by Crippen LogP contribution is 2.31.